The third kappa shape index (κ3) is 9.98. The molecule has 0 radical (unpaired) electrons. The minimum absolute atomic E-state index is 0.464. The van der Waals surface area contributed by atoms with Gasteiger partial charge < -0.3 is 4.98 Å². The summed E-state index contributed by atoms with van der Waals surface area (Å²) in [6.07, 6.45) is 14.3. The highest BCUT2D eigenvalue weighted by Crippen LogP contribution is 2.33. The van der Waals surface area contributed by atoms with Crippen molar-refractivity contribution in [2.75, 3.05) is 6.54 Å². The fourth-order valence-corrected chi connectivity index (χ4v) is 3.61. The summed E-state index contributed by atoms with van der Waals surface area (Å²) >= 11 is 0. The van der Waals surface area contributed by atoms with Crippen LogP contribution >= 0.6 is 0 Å². The zero-order valence-electron chi connectivity index (χ0n) is 15.3. The van der Waals surface area contributed by atoms with Crippen LogP contribution in [0.1, 0.15) is 91.9 Å². The van der Waals surface area contributed by atoms with E-state index in [2.05, 4.69) is 45.8 Å². The number of rotatable bonds is 12. The first-order valence-corrected chi connectivity index (χ1v) is 12.1. The summed E-state index contributed by atoms with van der Waals surface area (Å²) in [6, 6.07) is 0. The molecule has 20 heavy (non-hydrogen) atoms. The van der Waals surface area contributed by atoms with Crippen molar-refractivity contribution in [2.24, 2.45) is 0 Å². The smallest absolute Gasteiger partial charge is 0.124 e. The van der Waals surface area contributed by atoms with E-state index in [4.69, 9.17) is 0 Å². The molecule has 122 valence electrons. The molecular formula is C18H41NSi. The first-order chi connectivity index (χ1) is 9.31. The standard InChI is InChI=1S/C18H41NSi/c1-7-8-9-10-11-12-13-14-15-16-17-19-20(5,6)18(2,3)4/h19H,7-17H2,1-6H3. The maximum Gasteiger partial charge on any atom is 0.124 e. The van der Waals surface area contributed by atoms with Crippen molar-refractivity contribution in [3.8, 4) is 0 Å². The lowest BCUT2D eigenvalue weighted by molar-refractivity contribution is 0.553. The fraction of sp³-hybridized carbons (Fsp3) is 1.00. The van der Waals surface area contributed by atoms with Crippen molar-refractivity contribution in [1.82, 2.24) is 4.98 Å². The van der Waals surface area contributed by atoms with Gasteiger partial charge in [0.2, 0.25) is 0 Å². The van der Waals surface area contributed by atoms with Crippen LogP contribution in [-0.2, 0) is 0 Å². The van der Waals surface area contributed by atoms with Gasteiger partial charge in [0.05, 0.1) is 0 Å². The molecule has 0 aromatic rings. The molecule has 0 aliphatic rings. The molecule has 0 fully saturated rings. The molecule has 0 spiro atoms. The lowest BCUT2D eigenvalue weighted by Gasteiger charge is -2.37. The van der Waals surface area contributed by atoms with Crippen LogP contribution in [0.2, 0.25) is 18.1 Å². The molecule has 0 amide bonds. The summed E-state index contributed by atoms with van der Waals surface area (Å²) in [5.74, 6) is 0. The summed E-state index contributed by atoms with van der Waals surface area (Å²) in [6.45, 7) is 15.6. The van der Waals surface area contributed by atoms with Crippen LogP contribution in [-0.4, -0.2) is 14.8 Å². The molecule has 1 N–H and O–H groups in total. The Hall–Kier alpha value is 0.177. The van der Waals surface area contributed by atoms with Gasteiger partial charge in [-0.1, -0.05) is 98.6 Å². The molecular weight excluding hydrogens is 258 g/mol. The van der Waals surface area contributed by atoms with Gasteiger partial charge in [-0.15, -0.1) is 0 Å². The number of hydrogen-bond acceptors (Lipinski definition) is 1. The van der Waals surface area contributed by atoms with Crippen LogP contribution in [0.25, 0.3) is 0 Å². The first kappa shape index (κ1) is 20.2. The van der Waals surface area contributed by atoms with Crippen LogP contribution in [0.5, 0.6) is 0 Å². The third-order valence-electron chi connectivity index (χ3n) is 4.97. The normalized spacial score (nSPS) is 12.9. The minimum atomic E-state index is -1.25. The molecule has 0 aromatic heterocycles. The molecule has 0 rings (SSSR count). The Bertz CT molecular complexity index is 218. The third-order valence-corrected chi connectivity index (χ3v) is 9.86. The molecule has 2 heteroatoms. The average molecular weight is 300 g/mol. The average Bonchev–Trinajstić information content (AvgIpc) is 2.34. The topological polar surface area (TPSA) is 12.0 Å². The van der Waals surface area contributed by atoms with Gasteiger partial charge in [0.15, 0.2) is 0 Å². The first-order valence-electron chi connectivity index (χ1n) is 9.06. The van der Waals surface area contributed by atoms with E-state index in [-0.39, 0.29) is 0 Å². The van der Waals surface area contributed by atoms with Crippen molar-refractivity contribution in [2.45, 2.75) is 110 Å². The quantitative estimate of drug-likeness (QED) is 0.320. The predicted octanol–water partition coefficient (Wildman–Crippen LogP) is 6.50. The molecule has 0 saturated carbocycles. The number of unbranched alkanes of at least 4 members (excludes halogenated alkanes) is 9. The van der Waals surface area contributed by atoms with Crippen molar-refractivity contribution in [3.05, 3.63) is 0 Å². The molecule has 0 atom stereocenters. The highest BCUT2D eigenvalue weighted by molar-refractivity contribution is 6.77. The maximum atomic E-state index is 3.86. The van der Waals surface area contributed by atoms with Crippen molar-refractivity contribution in [1.29, 1.82) is 0 Å². The van der Waals surface area contributed by atoms with Gasteiger partial charge in [-0.2, -0.15) is 0 Å². The Labute approximate surface area is 130 Å². The molecule has 0 saturated heterocycles. The van der Waals surface area contributed by atoms with Gasteiger partial charge in [0.25, 0.3) is 0 Å². The van der Waals surface area contributed by atoms with Crippen molar-refractivity contribution >= 4 is 8.24 Å². The maximum absolute atomic E-state index is 3.86. The van der Waals surface area contributed by atoms with Gasteiger partial charge in [-0.3, -0.25) is 0 Å². The van der Waals surface area contributed by atoms with Gasteiger partial charge in [-0.05, 0) is 18.0 Å². The monoisotopic (exact) mass is 299 g/mol. The molecule has 0 aromatic carbocycles. The highest BCUT2D eigenvalue weighted by atomic mass is 28.3. The molecule has 0 aliphatic heterocycles. The second-order valence-corrected chi connectivity index (χ2v) is 13.1. The zero-order chi connectivity index (χ0) is 15.5. The van der Waals surface area contributed by atoms with Crippen molar-refractivity contribution < 1.29 is 0 Å². The van der Waals surface area contributed by atoms with E-state index in [1.54, 1.807) is 0 Å². The second-order valence-electron chi connectivity index (χ2n) is 7.98. The summed E-state index contributed by atoms with van der Waals surface area (Å²) in [5.41, 5.74) is 0. The summed E-state index contributed by atoms with van der Waals surface area (Å²) in [7, 11) is -1.25. The lowest BCUT2D eigenvalue weighted by Crippen LogP contribution is -2.52. The molecule has 0 aliphatic carbocycles. The van der Waals surface area contributed by atoms with E-state index in [0.29, 0.717) is 5.04 Å². The Morgan fingerprint density at radius 3 is 1.50 bits per heavy atom. The van der Waals surface area contributed by atoms with E-state index < -0.39 is 8.24 Å². The number of hydrogen-bond donors (Lipinski definition) is 1. The molecule has 1 nitrogen and oxygen atoms in total. The van der Waals surface area contributed by atoms with E-state index in [0.717, 1.165) is 0 Å². The largest absolute Gasteiger partial charge is 0.337 e. The predicted molar refractivity (Wildman–Crippen MR) is 97.0 cm³/mol. The lowest BCUT2D eigenvalue weighted by atomic mass is 10.1. The highest BCUT2D eigenvalue weighted by Gasteiger charge is 2.34. The Morgan fingerprint density at radius 2 is 1.10 bits per heavy atom. The zero-order valence-corrected chi connectivity index (χ0v) is 16.3. The van der Waals surface area contributed by atoms with Crippen LogP contribution in [0, 0.1) is 0 Å². The van der Waals surface area contributed by atoms with Crippen LogP contribution in [0.3, 0.4) is 0 Å². The summed E-state index contributed by atoms with van der Waals surface area (Å²) < 4.78 is 0. The van der Waals surface area contributed by atoms with E-state index >= 15 is 0 Å². The second kappa shape index (κ2) is 10.8. The van der Waals surface area contributed by atoms with Crippen LogP contribution in [0.15, 0.2) is 0 Å². The van der Waals surface area contributed by atoms with Gasteiger partial charge in [0, 0.05) is 0 Å². The summed E-state index contributed by atoms with van der Waals surface area (Å²) in [5, 5.41) is 0.464. The van der Waals surface area contributed by atoms with Crippen LogP contribution < -0.4 is 4.98 Å². The van der Waals surface area contributed by atoms with Gasteiger partial charge >= 0.3 is 0 Å². The Kier molecular flexibility index (Phi) is 10.9. The Balaban J connectivity index is 3.33. The van der Waals surface area contributed by atoms with E-state index in [1.165, 1.54) is 70.8 Å². The molecule has 0 unspecified atom stereocenters. The minimum Gasteiger partial charge on any atom is -0.337 e. The SMILES string of the molecule is CCCCCCCCCCCCN[Si](C)(C)C(C)(C)C. The Morgan fingerprint density at radius 1 is 0.700 bits per heavy atom. The van der Waals surface area contributed by atoms with Crippen molar-refractivity contribution in [3.63, 3.8) is 0 Å². The van der Waals surface area contributed by atoms with Gasteiger partial charge in [0.1, 0.15) is 8.24 Å². The summed E-state index contributed by atoms with van der Waals surface area (Å²) in [4.78, 5) is 3.86. The fourth-order valence-electron chi connectivity index (χ4n) is 2.28. The molecule has 0 bridgehead atoms. The van der Waals surface area contributed by atoms with Crippen LogP contribution in [0.4, 0.5) is 0 Å². The molecule has 0 heterocycles. The number of nitrogens with one attached hydrogen (secondary N) is 1. The van der Waals surface area contributed by atoms with E-state index in [1.807, 2.05) is 0 Å². The van der Waals surface area contributed by atoms with E-state index in [9.17, 15) is 0 Å². The van der Waals surface area contributed by atoms with Gasteiger partial charge in [-0.25, -0.2) is 0 Å².